The van der Waals surface area contributed by atoms with E-state index in [9.17, 15) is 130 Å². The maximum Gasteiger partial charge on any atom is 0.294 e. The second kappa shape index (κ2) is 37.5. The number of aliphatic hydroxyl groups excluding tert-OH is 13. The highest BCUT2D eigenvalue weighted by Crippen LogP contribution is 2.49. The lowest BCUT2D eigenvalue weighted by atomic mass is 9.93. The van der Waals surface area contributed by atoms with Crippen LogP contribution in [0.4, 0.5) is 39.5 Å². The fourth-order valence-corrected chi connectivity index (χ4v) is 15.7. The van der Waals surface area contributed by atoms with Gasteiger partial charge in [-0.3, -0.25) is 28.8 Å². The zero-order valence-corrected chi connectivity index (χ0v) is 70.2. The molecule has 0 radical (unpaired) electrons. The Kier molecular flexibility index (Phi) is 27.8. The van der Waals surface area contributed by atoms with Crippen molar-refractivity contribution in [3.05, 3.63) is 181 Å². The molecular formula is C74H89F9N24O25. The van der Waals surface area contributed by atoms with E-state index in [-0.39, 0.29) is 86.1 Å². The first kappa shape index (κ1) is 98.0. The smallest absolute Gasteiger partial charge is 0.294 e. The summed E-state index contributed by atoms with van der Waals surface area (Å²) in [5.74, 6) is 1.76. The van der Waals surface area contributed by atoms with Crippen molar-refractivity contribution in [3.63, 3.8) is 0 Å². The lowest BCUT2D eigenvalue weighted by Crippen LogP contribution is -2.51. The molecule has 19 N–H and O–H groups in total. The molecule has 718 valence electrons. The first-order chi connectivity index (χ1) is 62.4. The van der Waals surface area contributed by atoms with E-state index in [0.29, 0.717) is 23.3 Å². The van der Waals surface area contributed by atoms with Crippen LogP contribution in [0.15, 0.2) is 78.6 Å². The van der Waals surface area contributed by atoms with E-state index >= 15 is 0 Å². The third-order valence-electron chi connectivity index (χ3n) is 23.2. The zero-order chi connectivity index (χ0) is 96.6. The van der Waals surface area contributed by atoms with E-state index in [0.717, 1.165) is 19.7 Å². The molecular weight excluding hydrogens is 1800 g/mol. The third kappa shape index (κ3) is 16.7. The van der Waals surface area contributed by atoms with Gasteiger partial charge in [-0.05, 0) is 54.9 Å². The van der Waals surface area contributed by atoms with Crippen LogP contribution in [0.5, 0.6) is 0 Å². The van der Waals surface area contributed by atoms with Crippen molar-refractivity contribution in [3.8, 4) is 0 Å². The number of alkyl halides is 9. The van der Waals surface area contributed by atoms with Gasteiger partial charge in [0.25, 0.3) is 39.8 Å². The summed E-state index contributed by atoms with van der Waals surface area (Å²) < 4.78 is 165. The number of hydrogen-bond acceptors (Lipinski definition) is 37. The van der Waals surface area contributed by atoms with Crippen LogP contribution in [-0.4, -0.2) is 350 Å². The number of nitrogens with zero attached hydrogens (tertiary/aromatic N) is 18. The number of H-pyrrole nitrogens is 6. The van der Waals surface area contributed by atoms with E-state index < -0.39 is 237 Å². The Morgan fingerprint density at radius 3 is 0.833 bits per heavy atom. The van der Waals surface area contributed by atoms with Crippen molar-refractivity contribution in [2.45, 2.75) is 212 Å². The summed E-state index contributed by atoms with van der Waals surface area (Å²) in [5.41, 5.74) is -13.6. The monoisotopic (exact) mass is 1880 g/mol. The Morgan fingerprint density at radius 2 is 0.614 bits per heavy atom. The van der Waals surface area contributed by atoms with Gasteiger partial charge in [0.2, 0.25) is 33.9 Å². The number of imidazole rings is 6. The van der Waals surface area contributed by atoms with Gasteiger partial charge in [-0.1, -0.05) is 13.0 Å². The molecule has 18 heterocycles. The Morgan fingerprint density at radius 1 is 0.364 bits per heavy atom. The van der Waals surface area contributed by atoms with Crippen LogP contribution in [0.25, 0.3) is 33.9 Å². The number of fused-ring (bicyclic) bond motifs is 6. The maximum absolute atomic E-state index is 14.5. The number of rotatable bonds is 17. The molecule has 0 amide bonds. The summed E-state index contributed by atoms with van der Waals surface area (Å²) in [7, 11) is 0. The fraction of sp³-hybridized carbons (Fsp3) is 0.568. The van der Waals surface area contributed by atoms with Crippen LogP contribution in [-0.2, 0) is 28.4 Å². The zero-order valence-electron chi connectivity index (χ0n) is 70.2. The molecule has 6 saturated heterocycles. The molecule has 0 bridgehead atoms. The number of halogens is 9. The number of ether oxygens (including phenoxy) is 6. The molecule has 12 aromatic heterocycles. The summed E-state index contributed by atoms with van der Waals surface area (Å²) in [4.78, 5) is 109. The topological polar surface area (TPSA) is 697 Å². The van der Waals surface area contributed by atoms with Gasteiger partial charge >= 0.3 is 0 Å². The SMILES string of the molecule is C=C[C@]1(CO)O[C@@H](c2cnc3c(=O)[nH]c(C)nn23)[C@H](F)[C@@H]1O.CC[C@]1(CO)O[C@@H](c2cnc3c(=O)[nH]c(C)nn23)[C@H](F)[C@@H]1O.Cc1nn2c([C@@H]3OC(CO)(CO)[C@@H](O)[C@H]3F)cnc2c(=O)[nH]1.Cc1nn2c([C@@H]3O[C@@](CO)(C(F)F)[C@@H](O)[C@H]3F)cnc2c(=O)[nH]1.Cc1nn2c([C@@H]3O[C@@](CO)(CF)[C@@H](O)[C@H]3F)cnc2c(=O)[nH]1.Cc1nn2c([C@@H]3O[C@](C)(CO)[C@@H](O)[C@H]3F)cnc2c(=O)[nH]1. The lowest BCUT2D eigenvalue weighted by molar-refractivity contribution is -0.186. The largest absolute Gasteiger partial charge is 0.393 e. The van der Waals surface area contributed by atoms with Crippen LogP contribution in [0.3, 0.4) is 0 Å². The molecule has 0 unspecified atom stereocenters. The Labute approximate surface area is 729 Å². The van der Waals surface area contributed by atoms with Crippen molar-refractivity contribution in [2.24, 2.45) is 0 Å². The van der Waals surface area contributed by atoms with Gasteiger partial charge in [-0.15, -0.1) is 6.58 Å². The molecule has 132 heavy (non-hydrogen) atoms. The van der Waals surface area contributed by atoms with Crippen LogP contribution < -0.4 is 33.4 Å². The highest BCUT2D eigenvalue weighted by Gasteiger charge is 2.63. The summed E-state index contributed by atoms with van der Waals surface area (Å²) >= 11 is 0. The van der Waals surface area contributed by atoms with Gasteiger partial charge in [0.05, 0.1) is 118 Å². The minimum absolute atomic E-state index is 0.00834. The van der Waals surface area contributed by atoms with Crippen LogP contribution in [0.1, 0.15) is 126 Å². The molecule has 6 aliphatic heterocycles. The van der Waals surface area contributed by atoms with Crippen molar-refractivity contribution < 1.29 is 134 Å². The second-order valence-corrected chi connectivity index (χ2v) is 31.8. The third-order valence-corrected chi connectivity index (χ3v) is 23.2. The summed E-state index contributed by atoms with van der Waals surface area (Å²) in [6, 6.07) is 0. The van der Waals surface area contributed by atoms with Gasteiger partial charge in [-0.25, -0.2) is 96.5 Å². The van der Waals surface area contributed by atoms with Crippen molar-refractivity contribution >= 4 is 33.9 Å². The molecule has 6 aliphatic rings. The average Bonchev–Trinajstić information content (AvgIpc) is 1.60. The van der Waals surface area contributed by atoms with Gasteiger partial charge in [0.15, 0.2) is 42.6 Å². The average molecular weight is 1890 g/mol. The lowest BCUT2D eigenvalue weighted by Gasteiger charge is -2.28. The quantitative estimate of drug-likeness (QED) is 0.0300. The molecule has 49 nitrogen and oxygen atoms in total. The molecule has 6 fully saturated rings. The molecule has 18 rings (SSSR count). The number of hydrogen-bond donors (Lipinski definition) is 19. The van der Waals surface area contributed by atoms with E-state index in [1.807, 2.05) is 0 Å². The Balaban J connectivity index is 0.000000135. The highest BCUT2D eigenvalue weighted by molar-refractivity contribution is 5.42. The number of aliphatic hydroxyl groups is 13. The van der Waals surface area contributed by atoms with Gasteiger partial charge in [-0.2, -0.15) is 30.6 Å². The van der Waals surface area contributed by atoms with Crippen molar-refractivity contribution in [1.82, 2.24) is 117 Å². The molecule has 0 aliphatic carbocycles. The summed E-state index contributed by atoms with van der Waals surface area (Å²) in [6.07, 6.45) is -24.4. The predicted molar refractivity (Wildman–Crippen MR) is 423 cm³/mol. The van der Waals surface area contributed by atoms with E-state index in [4.69, 9.17) is 33.5 Å². The normalized spacial score (nSPS) is 31.2. The molecule has 12 aromatic rings. The van der Waals surface area contributed by atoms with Gasteiger partial charge in [0, 0.05) is 0 Å². The minimum atomic E-state index is -3.32. The van der Waals surface area contributed by atoms with Crippen molar-refractivity contribution in [2.75, 3.05) is 52.9 Å². The van der Waals surface area contributed by atoms with Crippen molar-refractivity contribution in [1.29, 1.82) is 0 Å². The molecule has 0 saturated carbocycles. The van der Waals surface area contributed by atoms with Crippen LogP contribution >= 0.6 is 0 Å². The molecule has 23 atom stereocenters. The number of aromatic amines is 6. The highest BCUT2D eigenvalue weighted by atomic mass is 19.3. The first-order valence-electron chi connectivity index (χ1n) is 39.8. The number of nitrogens with one attached hydrogen (secondary N) is 6. The van der Waals surface area contributed by atoms with Gasteiger partial charge in [0.1, 0.15) is 143 Å². The standard InChI is InChI=1S/C13H17FN4O4.C13H15FN4O4.C12H13F3N4O4.C12H14F2N4O4.C12H15FN4O5.C12H15FN4O4/c2*1-3-13(5-19)10(20)8(14)9(22-13)7-4-15-11-12(21)16-6(2)17-18(7)11;1-4-17-10(22)9-16-2-5(19(9)18-4)7-6(13)8(21)12(3-20,23-7)11(14)15;1-5-16-11(21)10-15-2-6(18(10)17-5)8-7(14)9(20)12(3-13,4-19)22-8;1-5-15-11(21)10-14-2-6(17(10)16-5)8-7(13)9(20)12(3-18,4-19)22-8;1-5-15-11(20)10-14-3-6(17(10)16-5)8-7(13)9(19)12(2,4-18)21-8/h4,8-10,19-20H,3,5H2,1-2H3,(H,16,17,21);3-4,8-10,19-20H,1,5H2,2H3,(H,16,17,21);2,6-8,11,20-21H,3H2,1H3,(H,17,18,22);2,7-9,19-20H,3-4H2,1H3,(H,16,17,21);2,7-9,18-20H,3-4H2,1H3,(H,15,16,21);3,7-9,18-19H,4H2,1-2H3,(H,15,16,20)/t2*8-,9-,10-,13+;6-,7-,8-,12+;7-,8-,9-,12+;7-,8-,9-;7-,8-,9-,12+/m000000/s1. The molecule has 0 spiro atoms. The van der Waals surface area contributed by atoms with E-state index in [2.05, 4.69) is 97.0 Å². The van der Waals surface area contributed by atoms with Crippen LogP contribution in [0.2, 0.25) is 0 Å². The summed E-state index contributed by atoms with van der Waals surface area (Å²) in [5, 5.41) is 149. The van der Waals surface area contributed by atoms with Gasteiger partial charge < -0.3 is 125 Å². The Bertz CT molecular complexity index is 6290. The number of aromatic nitrogens is 24. The van der Waals surface area contributed by atoms with Crippen LogP contribution in [0, 0.1) is 41.5 Å². The fourth-order valence-electron chi connectivity index (χ4n) is 15.7. The predicted octanol–water partition coefficient (Wildman–Crippen LogP) is -4.79. The minimum Gasteiger partial charge on any atom is -0.393 e. The first-order valence-corrected chi connectivity index (χ1v) is 39.8. The maximum atomic E-state index is 14.5. The number of aryl methyl sites for hydroxylation is 6. The molecule has 0 aromatic carbocycles. The van der Waals surface area contributed by atoms with E-state index in [1.54, 1.807) is 34.6 Å². The summed E-state index contributed by atoms with van der Waals surface area (Å²) in [6.45, 7) is 9.27. The Hall–Kier alpha value is -11.5. The van der Waals surface area contributed by atoms with E-state index in [1.165, 1.54) is 71.4 Å². The second-order valence-electron chi connectivity index (χ2n) is 31.8. The molecule has 58 heteroatoms.